The van der Waals surface area contributed by atoms with Gasteiger partial charge in [0.2, 0.25) is 5.91 Å². The standard InChI is InChI=1S/C20H18N4O/c1-22-16-8-4-6-14(12-16)13-5-3-7-15(11-13)20-10-9-17(20)18(25)24(2)19(21)23-20/h3-8,11-12,17H,9-10H2,2H3,(H2,21,23). The summed E-state index contributed by atoms with van der Waals surface area (Å²) in [6.45, 7) is 7.18. The molecule has 1 saturated carbocycles. The molecule has 0 aromatic heterocycles. The van der Waals surface area contributed by atoms with Gasteiger partial charge in [-0.2, -0.15) is 0 Å². The van der Waals surface area contributed by atoms with E-state index in [0.29, 0.717) is 5.69 Å². The van der Waals surface area contributed by atoms with Gasteiger partial charge in [-0.05, 0) is 41.7 Å². The van der Waals surface area contributed by atoms with Crippen LogP contribution in [0.4, 0.5) is 5.69 Å². The molecule has 1 aliphatic carbocycles. The Morgan fingerprint density at radius 2 is 1.96 bits per heavy atom. The lowest BCUT2D eigenvalue weighted by Crippen LogP contribution is -2.69. The highest BCUT2D eigenvalue weighted by molar-refractivity contribution is 6.01. The van der Waals surface area contributed by atoms with Crippen molar-refractivity contribution < 1.29 is 4.79 Å². The number of carbonyl (C=O) groups excluding carboxylic acids is 1. The lowest BCUT2D eigenvalue weighted by atomic mass is 9.61. The topological polar surface area (TPSA) is 60.6 Å². The fourth-order valence-corrected chi connectivity index (χ4v) is 3.85. The zero-order valence-electron chi connectivity index (χ0n) is 13.9. The number of nitrogens with zero attached hydrogens (tertiary/aromatic N) is 2. The molecule has 1 aliphatic heterocycles. The van der Waals surface area contributed by atoms with E-state index in [4.69, 9.17) is 12.0 Å². The third-order valence-corrected chi connectivity index (χ3v) is 5.41. The predicted octanol–water partition coefficient (Wildman–Crippen LogP) is 3.51. The fourth-order valence-electron chi connectivity index (χ4n) is 3.85. The van der Waals surface area contributed by atoms with Crippen LogP contribution in [0.3, 0.4) is 0 Å². The van der Waals surface area contributed by atoms with Gasteiger partial charge in [0.15, 0.2) is 11.6 Å². The van der Waals surface area contributed by atoms with Gasteiger partial charge in [-0.1, -0.05) is 36.4 Å². The molecule has 2 aliphatic rings. The van der Waals surface area contributed by atoms with Gasteiger partial charge in [0.05, 0.1) is 18.0 Å². The largest absolute Gasteiger partial charge is 0.346 e. The van der Waals surface area contributed by atoms with E-state index in [-0.39, 0.29) is 17.8 Å². The highest BCUT2D eigenvalue weighted by Gasteiger charge is 2.56. The smallest absolute Gasteiger partial charge is 0.234 e. The SMILES string of the molecule is [C-]#[N+]c1cccc(-c2cccc(C34CCC3C(=O)N(C)C(=N)N4)c2)c1. The Bertz CT molecular complexity index is 929. The summed E-state index contributed by atoms with van der Waals surface area (Å²) >= 11 is 0. The van der Waals surface area contributed by atoms with Gasteiger partial charge in [-0.3, -0.25) is 15.1 Å². The lowest BCUT2D eigenvalue weighted by molar-refractivity contribution is -0.141. The molecular formula is C20H18N4O. The van der Waals surface area contributed by atoms with Crippen molar-refractivity contribution in [2.75, 3.05) is 7.05 Å². The molecule has 2 N–H and O–H groups in total. The molecule has 2 unspecified atom stereocenters. The molecule has 0 bridgehead atoms. The second kappa shape index (κ2) is 5.45. The molecule has 5 heteroatoms. The second-order valence-electron chi connectivity index (χ2n) is 6.68. The lowest BCUT2D eigenvalue weighted by Gasteiger charge is -2.54. The predicted molar refractivity (Wildman–Crippen MR) is 96.2 cm³/mol. The molecule has 2 fully saturated rings. The number of benzene rings is 2. The van der Waals surface area contributed by atoms with E-state index in [9.17, 15) is 4.79 Å². The van der Waals surface area contributed by atoms with Crippen molar-refractivity contribution in [2.45, 2.75) is 18.4 Å². The average molecular weight is 330 g/mol. The average Bonchev–Trinajstić information content (AvgIpc) is 2.63. The maximum atomic E-state index is 12.5. The van der Waals surface area contributed by atoms with Crippen molar-refractivity contribution in [2.24, 2.45) is 5.92 Å². The monoisotopic (exact) mass is 330 g/mol. The van der Waals surface area contributed by atoms with Gasteiger partial charge in [0.25, 0.3) is 0 Å². The van der Waals surface area contributed by atoms with Crippen molar-refractivity contribution in [3.8, 4) is 11.1 Å². The molecule has 5 nitrogen and oxygen atoms in total. The Morgan fingerprint density at radius 1 is 1.24 bits per heavy atom. The summed E-state index contributed by atoms with van der Waals surface area (Å²) in [5.41, 5.74) is 3.16. The normalized spacial score (nSPS) is 24.8. The zero-order chi connectivity index (χ0) is 17.6. The van der Waals surface area contributed by atoms with E-state index in [1.807, 2.05) is 36.4 Å². The third kappa shape index (κ3) is 2.22. The van der Waals surface area contributed by atoms with E-state index in [1.54, 1.807) is 13.1 Å². The van der Waals surface area contributed by atoms with Crippen LogP contribution in [-0.4, -0.2) is 23.8 Å². The first kappa shape index (κ1) is 15.4. The summed E-state index contributed by atoms with van der Waals surface area (Å²) in [5.74, 6) is 0.0354. The van der Waals surface area contributed by atoms with Crippen LogP contribution in [-0.2, 0) is 10.3 Å². The Balaban J connectivity index is 1.76. The van der Waals surface area contributed by atoms with Gasteiger partial charge in [0, 0.05) is 7.05 Å². The van der Waals surface area contributed by atoms with Gasteiger partial charge in [-0.15, -0.1) is 0 Å². The van der Waals surface area contributed by atoms with Crippen molar-refractivity contribution in [1.29, 1.82) is 5.41 Å². The summed E-state index contributed by atoms with van der Waals surface area (Å²) in [6.07, 6.45) is 1.67. The number of hydrogen-bond donors (Lipinski definition) is 2. The summed E-state index contributed by atoms with van der Waals surface area (Å²) in [7, 11) is 1.65. The van der Waals surface area contributed by atoms with E-state index < -0.39 is 5.54 Å². The summed E-state index contributed by atoms with van der Waals surface area (Å²) in [5, 5.41) is 11.4. The molecule has 1 amide bonds. The molecule has 1 heterocycles. The van der Waals surface area contributed by atoms with Crippen molar-refractivity contribution in [3.63, 3.8) is 0 Å². The number of rotatable bonds is 2. The van der Waals surface area contributed by atoms with Gasteiger partial charge in [-0.25, -0.2) is 4.85 Å². The molecule has 0 spiro atoms. The fraction of sp³-hybridized carbons (Fsp3) is 0.250. The third-order valence-electron chi connectivity index (χ3n) is 5.41. The van der Waals surface area contributed by atoms with Crippen LogP contribution in [0.5, 0.6) is 0 Å². The van der Waals surface area contributed by atoms with Crippen molar-refractivity contribution >= 4 is 17.6 Å². The molecular weight excluding hydrogens is 312 g/mol. The van der Waals surface area contributed by atoms with E-state index in [2.05, 4.69) is 16.2 Å². The first-order chi connectivity index (χ1) is 12.0. The quantitative estimate of drug-likeness (QED) is 0.828. The van der Waals surface area contributed by atoms with Crippen molar-refractivity contribution in [1.82, 2.24) is 10.2 Å². The number of fused-ring (bicyclic) bond motifs is 1. The summed E-state index contributed by atoms with van der Waals surface area (Å²) in [4.78, 5) is 17.4. The zero-order valence-corrected chi connectivity index (χ0v) is 13.9. The number of amides is 1. The Kier molecular flexibility index (Phi) is 3.36. The minimum atomic E-state index is -0.478. The Labute approximate surface area is 146 Å². The molecule has 25 heavy (non-hydrogen) atoms. The van der Waals surface area contributed by atoms with Gasteiger partial charge in [0.1, 0.15) is 0 Å². The van der Waals surface area contributed by atoms with Gasteiger partial charge < -0.3 is 5.32 Å². The highest BCUT2D eigenvalue weighted by Crippen LogP contribution is 2.49. The highest BCUT2D eigenvalue weighted by atomic mass is 16.2. The van der Waals surface area contributed by atoms with Crippen LogP contribution < -0.4 is 5.32 Å². The number of guanidine groups is 1. The minimum absolute atomic E-state index is 0.00964. The van der Waals surface area contributed by atoms with E-state index in [0.717, 1.165) is 29.5 Å². The first-order valence-corrected chi connectivity index (χ1v) is 8.28. The second-order valence-corrected chi connectivity index (χ2v) is 6.68. The van der Waals surface area contributed by atoms with Crippen LogP contribution in [0.15, 0.2) is 48.5 Å². The van der Waals surface area contributed by atoms with E-state index >= 15 is 0 Å². The minimum Gasteiger partial charge on any atom is -0.346 e. The molecule has 2 atom stereocenters. The van der Waals surface area contributed by atoms with Crippen LogP contribution in [0.2, 0.25) is 0 Å². The van der Waals surface area contributed by atoms with Crippen LogP contribution in [0.25, 0.3) is 16.0 Å². The molecule has 4 rings (SSSR count). The first-order valence-electron chi connectivity index (χ1n) is 8.28. The number of hydrogen-bond acceptors (Lipinski definition) is 2. The van der Waals surface area contributed by atoms with Crippen molar-refractivity contribution in [3.05, 3.63) is 65.5 Å². The van der Waals surface area contributed by atoms with Gasteiger partial charge >= 0.3 is 0 Å². The van der Waals surface area contributed by atoms with E-state index in [1.165, 1.54) is 4.90 Å². The number of carbonyl (C=O) groups is 1. The maximum absolute atomic E-state index is 12.5. The summed E-state index contributed by atoms with van der Waals surface area (Å²) < 4.78 is 0. The van der Waals surface area contributed by atoms with Crippen LogP contribution >= 0.6 is 0 Å². The summed E-state index contributed by atoms with van der Waals surface area (Å²) in [6, 6.07) is 15.6. The Hall–Kier alpha value is -3.13. The van der Waals surface area contributed by atoms with Crippen LogP contribution in [0.1, 0.15) is 18.4 Å². The molecule has 124 valence electrons. The molecule has 2 aromatic carbocycles. The molecule has 1 saturated heterocycles. The van der Waals surface area contributed by atoms with Crippen LogP contribution in [0, 0.1) is 17.9 Å². The number of nitrogens with one attached hydrogen (secondary N) is 2. The molecule has 2 aromatic rings. The molecule has 0 radical (unpaired) electrons. The Morgan fingerprint density at radius 3 is 2.64 bits per heavy atom. The maximum Gasteiger partial charge on any atom is 0.234 e.